The van der Waals surface area contributed by atoms with E-state index < -0.39 is 32.5 Å². The van der Waals surface area contributed by atoms with Crippen molar-refractivity contribution in [3.8, 4) is 0 Å². The minimum absolute atomic E-state index is 0.126. The molecule has 1 aromatic rings. The fourth-order valence-electron chi connectivity index (χ4n) is 1.63. The van der Waals surface area contributed by atoms with E-state index in [0.717, 1.165) is 0 Å². The van der Waals surface area contributed by atoms with Crippen LogP contribution in [-0.2, 0) is 24.3 Å². The van der Waals surface area contributed by atoms with Crippen molar-refractivity contribution in [3.63, 3.8) is 0 Å². The second-order valence-electron chi connectivity index (χ2n) is 4.44. The maximum Gasteiger partial charge on any atom is 0.321 e. The Labute approximate surface area is 115 Å². The SMILES string of the molecule is CCOC(=O)C1(C(=O)NS(=O)(=O)c2n[nH]c(C)n2)CC1. The number of carbonyl (C=O) groups excluding carboxylic acids is 2. The van der Waals surface area contributed by atoms with Crippen molar-refractivity contribution in [2.75, 3.05) is 6.61 Å². The Hall–Kier alpha value is -1.97. The van der Waals surface area contributed by atoms with Crippen molar-refractivity contribution in [2.45, 2.75) is 31.8 Å². The molecular weight excluding hydrogens is 288 g/mol. The van der Waals surface area contributed by atoms with Gasteiger partial charge in [-0.05, 0) is 26.7 Å². The second-order valence-corrected chi connectivity index (χ2v) is 6.02. The quantitative estimate of drug-likeness (QED) is 0.541. The molecule has 110 valence electrons. The largest absolute Gasteiger partial charge is 0.465 e. The monoisotopic (exact) mass is 302 g/mol. The summed E-state index contributed by atoms with van der Waals surface area (Å²) in [6.45, 7) is 3.26. The molecule has 2 rings (SSSR count). The molecule has 9 nitrogen and oxygen atoms in total. The molecular formula is C10H14N4O5S. The highest BCUT2D eigenvalue weighted by Crippen LogP contribution is 2.47. The molecule has 0 spiro atoms. The Morgan fingerprint density at radius 2 is 2.10 bits per heavy atom. The molecule has 1 aliphatic rings. The van der Waals surface area contributed by atoms with Gasteiger partial charge in [0, 0.05) is 0 Å². The normalized spacial score (nSPS) is 16.5. The molecule has 0 aromatic carbocycles. The first kappa shape index (κ1) is 14.4. The molecule has 10 heteroatoms. The minimum atomic E-state index is -4.19. The number of hydrogen-bond donors (Lipinski definition) is 2. The highest BCUT2D eigenvalue weighted by atomic mass is 32.2. The topological polar surface area (TPSA) is 131 Å². The Balaban J connectivity index is 2.14. The molecule has 1 aliphatic carbocycles. The Bertz CT molecular complexity index is 646. The van der Waals surface area contributed by atoms with Gasteiger partial charge in [-0.25, -0.2) is 9.71 Å². The van der Waals surface area contributed by atoms with Crippen LogP contribution < -0.4 is 4.72 Å². The molecule has 1 saturated carbocycles. The molecule has 0 saturated heterocycles. The first-order valence-corrected chi connectivity index (χ1v) is 7.43. The molecule has 0 unspecified atom stereocenters. The average molecular weight is 302 g/mol. The van der Waals surface area contributed by atoms with E-state index in [4.69, 9.17) is 4.74 Å². The first-order valence-electron chi connectivity index (χ1n) is 5.95. The predicted octanol–water partition coefficient (Wildman–Crippen LogP) is -0.739. The van der Waals surface area contributed by atoms with Gasteiger partial charge in [0.05, 0.1) is 6.61 Å². The van der Waals surface area contributed by atoms with Gasteiger partial charge in [-0.15, -0.1) is 5.10 Å². The molecule has 0 atom stereocenters. The van der Waals surface area contributed by atoms with Crippen LogP contribution in [0, 0.1) is 12.3 Å². The molecule has 0 aliphatic heterocycles. The van der Waals surface area contributed by atoms with Gasteiger partial charge in [0.25, 0.3) is 11.1 Å². The highest BCUT2D eigenvalue weighted by Gasteiger charge is 2.59. The van der Waals surface area contributed by atoms with Gasteiger partial charge in [-0.1, -0.05) is 0 Å². The lowest BCUT2D eigenvalue weighted by Gasteiger charge is -2.12. The van der Waals surface area contributed by atoms with E-state index in [-0.39, 0.29) is 19.4 Å². The Morgan fingerprint density at radius 3 is 2.55 bits per heavy atom. The molecule has 1 amide bonds. The maximum absolute atomic E-state index is 12.0. The Morgan fingerprint density at radius 1 is 1.45 bits per heavy atom. The van der Waals surface area contributed by atoms with Gasteiger partial charge in [-0.3, -0.25) is 14.7 Å². The van der Waals surface area contributed by atoms with Crippen LogP contribution in [0.15, 0.2) is 5.16 Å². The molecule has 1 aromatic heterocycles. The molecule has 20 heavy (non-hydrogen) atoms. The summed E-state index contributed by atoms with van der Waals surface area (Å²) < 4.78 is 30.4. The summed E-state index contributed by atoms with van der Waals surface area (Å²) in [5.41, 5.74) is -1.39. The summed E-state index contributed by atoms with van der Waals surface area (Å²) in [4.78, 5) is 27.3. The van der Waals surface area contributed by atoms with Crippen LogP contribution in [0.5, 0.6) is 0 Å². The van der Waals surface area contributed by atoms with Crippen LogP contribution in [0.4, 0.5) is 0 Å². The predicted molar refractivity (Wildman–Crippen MR) is 64.7 cm³/mol. The lowest BCUT2D eigenvalue weighted by Crippen LogP contribution is -2.41. The Kier molecular flexibility index (Phi) is 3.50. The smallest absolute Gasteiger partial charge is 0.321 e. The molecule has 0 radical (unpaired) electrons. The van der Waals surface area contributed by atoms with E-state index >= 15 is 0 Å². The van der Waals surface area contributed by atoms with Gasteiger partial charge >= 0.3 is 16.0 Å². The second kappa shape index (κ2) is 4.85. The zero-order chi connectivity index (χ0) is 15.0. The number of aromatic nitrogens is 3. The van der Waals surface area contributed by atoms with Crippen LogP contribution in [-0.4, -0.2) is 42.1 Å². The van der Waals surface area contributed by atoms with Crippen molar-refractivity contribution >= 4 is 21.9 Å². The number of carbonyl (C=O) groups is 2. The van der Waals surface area contributed by atoms with Crippen LogP contribution in [0.1, 0.15) is 25.6 Å². The number of nitrogens with zero attached hydrogens (tertiary/aromatic N) is 2. The third-order valence-corrected chi connectivity index (χ3v) is 4.01. The lowest BCUT2D eigenvalue weighted by atomic mass is 10.1. The fraction of sp³-hybridized carbons (Fsp3) is 0.600. The highest BCUT2D eigenvalue weighted by molar-refractivity contribution is 7.89. The van der Waals surface area contributed by atoms with Gasteiger partial charge < -0.3 is 4.74 Å². The van der Waals surface area contributed by atoms with E-state index in [2.05, 4.69) is 15.2 Å². The number of H-pyrrole nitrogens is 1. The number of aryl methyl sites for hydroxylation is 1. The van der Waals surface area contributed by atoms with E-state index in [1.807, 2.05) is 4.72 Å². The molecule has 1 fully saturated rings. The zero-order valence-corrected chi connectivity index (χ0v) is 11.8. The minimum Gasteiger partial charge on any atom is -0.465 e. The van der Waals surface area contributed by atoms with E-state index in [9.17, 15) is 18.0 Å². The number of ether oxygens (including phenoxy) is 1. The number of sulfonamides is 1. The van der Waals surface area contributed by atoms with Crippen molar-refractivity contribution in [1.82, 2.24) is 19.9 Å². The van der Waals surface area contributed by atoms with E-state index in [1.165, 1.54) is 6.92 Å². The van der Waals surface area contributed by atoms with E-state index in [1.54, 1.807) is 6.92 Å². The fourth-order valence-corrected chi connectivity index (χ4v) is 2.58. The summed E-state index contributed by atoms with van der Waals surface area (Å²) in [5, 5.41) is 5.29. The lowest BCUT2D eigenvalue weighted by molar-refractivity contribution is -0.153. The van der Waals surface area contributed by atoms with Gasteiger partial charge in [0.1, 0.15) is 11.2 Å². The number of amides is 1. The number of nitrogens with one attached hydrogen (secondary N) is 2. The number of aromatic amines is 1. The average Bonchev–Trinajstić information content (AvgIpc) is 3.06. The third kappa shape index (κ3) is 2.50. The first-order chi connectivity index (χ1) is 9.32. The number of hydrogen-bond acceptors (Lipinski definition) is 7. The van der Waals surface area contributed by atoms with Gasteiger partial charge in [0.2, 0.25) is 0 Å². The molecule has 0 bridgehead atoms. The zero-order valence-electron chi connectivity index (χ0n) is 11.0. The van der Waals surface area contributed by atoms with Crippen molar-refractivity contribution in [3.05, 3.63) is 5.82 Å². The summed E-state index contributed by atoms with van der Waals surface area (Å²) in [7, 11) is -4.19. The van der Waals surface area contributed by atoms with Crippen molar-refractivity contribution < 1.29 is 22.7 Å². The van der Waals surface area contributed by atoms with Crippen molar-refractivity contribution in [2.24, 2.45) is 5.41 Å². The molecule has 2 N–H and O–H groups in total. The maximum atomic E-state index is 12.0. The van der Waals surface area contributed by atoms with E-state index in [0.29, 0.717) is 5.82 Å². The number of esters is 1. The van der Waals surface area contributed by atoms with Crippen LogP contribution in [0.2, 0.25) is 0 Å². The summed E-state index contributed by atoms with van der Waals surface area (Å²) in [5.74, 6) is -1.32. The van der Waals surface area contributed by atoms with Crippen molar-refractivity contribution in [1.29, 1.82) is 0 Å². The summed E-state index contributed by atoms with van der Waals surface area (Å²) >= 11 is 0. The van der Waals surface area contributed by atoms with Crippen LogP contribution >= 0.6 is 0 Å². The number of rotatable bonds is 5. The standard InChI is InChI=1S/C10H14N4O5S/c1-3-19-8(16)10(4-5-10)7(15)14-20(17,18)9-11-6(2)12-13-9/h3-5H2,1-2H3,(H,14,15)(H,11,12,13). The summed E-state index contributed by atoms with van der Waals surface area (Å²) in [6, 6.07) is 0. The third-order valence-electron chi connectivity index (χ3n) is 2.89. The van der Waals surface area contributed by atoms with Gasteiger partial charge in [-0.2, -0.15) is 8.42 Å². The van der Waals surface area contributed by atoms with Crippen LogP contribution in [0.25, 0.3) is 0 Å². The van der Waals surface area contributed by atoms with Crippen LogP contribution in [0.3, 0.4) is 0 Å². The molecule has 1 heterocycles. The summed E-state index contributed by atoms with van der Waals surface area (Å²) in [6.07, 6.45) is 0.528. The van der Waals surface area contributed by atoms with Gasteiger partial charge in [0.15, 0.2) is 0 Å².